The largest absolute Gasteiger partial charge is 0.477 e. The highest BCUT2D eigenvalue weighted by Crippen LogP contribution is 1.86. The lowest BCUT2D eigenvalue weighted by Crippen LogP contribution is -2.15. The summed E-state index contributed by atoms with van der Waals surface area (Å²) in [5.41, 5.74) is -0.808. The zero-order chi connectivity index (χ0) is 11.8. The van der Waals surface area contributed by atoms with Crippen LogP contribution in [0.4, 0.5) is 0 Å². The predicted octanol–water partition coefficient (Wildman–Crippen LogP) is 1.58. The molecule has 0 aliphatic rings. The second kappa shape index (κ2) is 8.06. The van der Waals surface area contributed by atoms with Gasteiger partial charge in [0.1, 0.15) is 5.56 Å². The van der Waals surface area contributed by atoms with Gasteiger partial charge in [-0.3, -0.25) is 9.78 Å². The van der Waals surface area contributed by atoms with Gasteiger partial charge >= 0.3 is 5.97 Å². The number of aromatic nitrogens is 2. The van der Waals surface area contributed by atoms with Crippen LogP contribution in [0.5, 0.6) is 0 Å². The molecule has 0 spiro atoms. The molecule has 0 aromatic carbocycles. The summed E-state index contributed by atoms with van der Waals surface area (Å²) in [7, 11) is 0. The van der Waals surface area contributed by atoms with Gasteiger partial charge in [0.2, 0.25) is 0 Å². The van der Waals surface area contributed by atoms with Crippen LogP contribution >= 0.6 is 12.4 Å². The van der Waals surface area contributed by atoms with Crippen molar-refractivity contribution in [3.8, 4) is 0 Å². The van der Waals surface area contributed by atoms with Gasteiger partial charge in [0.15, 0.2) is 0 Å². The van der Waals surface area contributed by atoms with E-state index in [1.165, 1.54) is 18.3 Å². The lowest BCUT2D eigenvalue weighted by atomic mass is 10.3. The number of aromatic carboxylic acids is 1. The zero-order valence-electron chi connectivity index (χ0n) is 8.74. The summed E-state index contributed by atoms with van der Waals surface area (Å²) in [6.45, 7) is 0. The van der Waals surface area contributed by atoms with Crippen LogP contribution in [0.1, 0.15) is 10.4 Å². The number of carboxylic acid groups (broad SMARTS) is 1. The van der Waals surface area contributed by atoms with E-state index >= 15 is 0 Å². The summed E-state index contributed by atoms with van der Waals surface area (Å²) in [6, 6.07) is 8.43. The minimum atomic E-state index is -1.21. The third-order valence-corrected chi connectivity index (χ3v) is 1.62. The van der Waals surface area contributed by atoms with Gasteiger partial charge in [0.05, 0.1) is 0 Å². The van der Waals surface area contributed by atoms with E-state index < -0.39 is 11.5 Å². The van der Waals surface area contributed by atoms with Crippen molar-refractivity contribution in [2.75, 3.05) is 0 Å². The number of nitrogens with zero attached hydrogens (tertiary/aromatic N) is 1. The molecule has 2 aromatic heterocycles. The average molecular weight is 255 g/mol. The Morgan fingerprint density at radius 2 is 1.82 bits per heavy atom. The highest BCUT2D eigenvalue weighted by molar-refractivity contribution is 5.86. The maximum absolute atomic E-state index is 10.6. The van der Waals surface area contributed by atoms with E-state index in [0.29, 0.717) is 0 Å². The quantitative estimate of drug-likeness (QED) is 0.809. The molecule has 0 unspecified atom stereocenters. The summed E-state index contributed by atoms with van der Waals surface area (Å²) in [5, 5.41) is 8.35. The standard InChI is InChI=1S/C6H5NO3.C5H5N.ClH/c8-5-4(6(9)10)2-1-3-7-5;1-2-4-6-5-3-1;/h1-3H,(H,7,8)(H,9,10);1-5H;1H. The Morgan fingerprint density at radius 1 is 1.18 bits per heavy atom. The fourth-order valence-electron chi connectivity index (χ4n) is 0.903. The number of pyridine rings is 2. The summed E-state index contributed by atoms with van der Waals surface area (Å²) in [4.78, 5) is 26.9. The first kappa shape index (κ1) is 14.9. The molecule has 2 N–H and O–H groups in total. The molecule has 2 aromatic rings. The van der Waals surface area contributed by atoms with Gasteiger partial charge in [-0.2, -0.15) is 0 Å². The van der Waals surface area contributed by atoms with Crippen molar-refractivity contribution in [2.24, 2.45) is 0 Å². The first-order valence-corrected chi connectivity index (χ1v) is 4.48. The normalized spacial score (nSPS) is 8.24. The third kappa shape index (κ3) is 5.48. The van der Waals surface area contributed by atoms with E-state index in [9.17, 15) is 9.59 Å². The van der Waals surface area contributed by atoms with Crippen LogP contribution in [0.25, 0.3) is 0 Å². The van der Waals surface area contributed by atoms with Gasteiger partial charge < -0.3 is 10.1 Å². The van der Waals surface area contributed by atoms with E-state index in [1.807, 2.05) is 18.2 Å². The topological polar surface area (TPSA) is 83.0 Å². The number of halogens is 1. The van der Waals surface area contributed by atoms with Crippen LogP contribution in [-0.2, 0) is 0 Å². The minimum absolute atomic E-state index is 0. The van der Waals surface area contributed by atoms with Crippen LogP contribution in [-0.4, -0.2) is 21.0 Å². The van der Waals surface area contributed by atoms with Crippen molar-refractivity contribution < 1.29 is 9.90 Å². The number of aromatic amines is 1. The van der Waals surface area contributed by atoms with Gasteiger partial charge in [0, 0.05) is 18.6 Å². The van der Waals surface area contributed by atoms with Crippen LogP contribution in [0, 0.1) is 0 Å². The lowest BCUT2D eigenvalue weighted by molar-refractivity contribution is 0.0695. The molecule has 0 aliphatic carbocycles. The molecule has 2 heterocycles. The molecule has 5 nitrogen and oxygen atoms in total. The Hall–Kier alpha value is -2.14. The second-order valence-corrected chi connectivity index (χ2v) is 2.74. The number of hydrogen-bond donors (Lipinski definition) is 2. The van der Waals surface area contributed by atoms with Gasteiger partial charge in [-0.25, -0.2) is 4.79 Å². The van der Waals surface area contributed by atoms with E-state index in [1.54, 1.807) is 12.4 Å². The fourth-order valence-corrected chi connectivity index (χ4v) is 0.903. The summed E-state index contributed by atoms with van der Waals surface area (Å²) in [6.07, 6.45) is 4.88. The number of carboxylic acids is 1. The van der Waals surface area contributed by atoms with E-state index in [4.69, 9.17) is 5.11 Å². The van der Waals surface area contributed by atoms with Crippen LogP contribution < -0.4 is 5.56 Å². The Balaban J connectivity index is 0.000000316. The maximum atomic E-state index is 10.6. The first-order chi connectivity index (χ1) is 7.72. The van der Waals surface area contributed by atoms with Gasteiger partial charge in [0.25, 0.3) is 5.56 Å². The number of nitrogens with one attached hydrogen (secondary N) is 1. The van der Waals surface area contributed by atoms with E-state index in [-0.39, 0.29) is 18.0 Å². The van der Waals surface area contributed by atoms with Gasteiger partial charge in [-0.1, -0.05) is 6.07 Å². The molecule has 0 aliphatic heterocycles. The Labute approximate surface area is 104 Å². The SMILES string of the molecule is Cl.O=C(O)c1ccc[nH]c1=O.c1ccncc1. The van der Waals surface area contributed by atoms with Crippen molar-refractivity contribution in [3.05, 3.63) is 64.8 Å². The van der Waals surface area contributed by atoms with Crippen molar-refractivity contribution in [3.63, 3.8) is 0 Å². The van der Waals surface area contributed by atoms with Crippen LogP contribution in [0.15, 0.2) is 53.7 Å². The summed E-state index contributed by atoms with van der Waals surface area (Å²) < 4.78 is 0. The lowest BCUT2D eigenvalue weighted by Gasteiger charge is -1.88. The van der Waals surface area contributed by atoms with E-state index in [0.717, 1.165) is 0 Å². The molecule has 0 fully saturated rings. The predicted molar refractivity (Wildman–Crippen MR) is 65.5 cm³/mol. The smallest absolute Gasteiger partial charge is 0.341 e. The molecule has 0 amide bonds. The Kier molecular flexibility index (Phi) is 7.05. The van der Waals surface area contributed by atoms with Crippen molar-refractivity contribution in [1.82, 2.24) is 9.97 Å². The minimum Gasteiger partial charge on any atom is -0.477 e. The van der Waals surface area contributed by atoms with Crippen LogP contribution in [0.3, 0.4) is 0 Å². The molecule has 0 saturated heterocycles. The molecule has 2 rings (SSSR count). The molecule has 0 saturated carbocycles. The molecular formula is C11H11ClN2O3. The summed E-state index contributed by atoms with van der Waals surface area (Å²) >= 11 is 0. The monoisotopic (exact) mass is 254 g/mol. The number of hydrogen-bond acceptors (Lipinski definition) is 3. The van der Waals surface area contributed by atoms with Crippen molar-refractivity contribution in [2.45, 2.75) is 0 Å². The molecule has 90 valence electrons. The first-order valence-electron chi connectivity index (χ1n) is 4.48. The molecule has 0 radical (unpaired) electrons. The fraction of sp³-hybridized carbons (Fsp3) is 0. The number of carbonyl (C=O) groups is 1. The molecule has 6 heteroatoms. The zero-order valence-corrected chi connectivity index (χ0v) is 9.55. The highest BCUT2D eigenvalue weighted by Gasteiger charge is 2.04. The number of H-pyrrole nitrogens is 1. The van der Waals surface area contributed by atoms with E-state index in [2.05, 4.69) is 9.97 Å². The molecule has 0 bridgehead atoms. The molecular weight excluding hydrogens is 244 g/mol. The van der Waals surface area contributed by atoms with Crippen molar-refractivity contribution >= 4 is 18.4 Å². The molecule has 17 heavy (non-hydrogen) atoms. The third-order valence-electron chi connectivity index (χ3n) is 1.62. The average Bonchev–Trinajstić information content (AvgIpc) is 2.32. The van der Waals surface area contributed by atoms with Crippen LogP contribution in [0.2, 0.25) is 0 Å². The maximum Gasteiger partial charge on any atom is 0.341 e. The number of rotatable bonds is 1. The second-order valence-electron chi connectivity index (χ2n) is 2.74. The Morgan fingerprint density at radius 3 is 2.12 bits per heavy atom. The molecule has 0 atom stereocenters. The summed E-state index contributed by atoms with van der Waals surface area (Å²) in [5.74, 6) is -1.21. The Bertz CT molecular complexity index is 473. The van der Waals surface area contributed by atoms with Gasteiger partial charge in [-0.15, -0.1) is 12.4 Å². The highest BCUT2D eigenvalue weighted by atomic mass is 35.5. The van der Waals surface area contributed by atoms with Crippen molar-refractivity contribution in [1.29, 1.82) is 0 Å². The van der Waals surface area contributed by atoms with Gasteiger partial charge in [-0.05, 0) is 24.3 Å².